The van der Waals surface area contributed by atoms with Gasteiger partial charge in [0.15, 0.2) is 0 Å². The fourth-order valence-electron chi connectivity index (χ4n) is 0.454. The molecule has 0 unspecified atom stereocenters. The van der Waals surface area contributed by atoms with Crippen LogP contribution in [0.25, 0.3) is 0 Å². The first-order valence-corrected chi connectivity index (χ1v) is 2.29. The minimum atomic E-state index is -0.343. The molecule has 0 spiro atoms. The molecule has 1 aromatic heterocycles. The normalized spacial score (nSPS) is 8.67. The van der Waals surface area contributed by atoms with Crippen molar-refractivity contribution in [1.82, 2.24) is 15.2 Å². The van der Waals surface area contributed by atoms with E-state index in [-0.39, 0.29) is 58.0 Å². The second kappa shape index (κ2) is 4.54. The molecule has 9 heavy (non-hydrogen) atoms. The van der Waals surface area contributed by atoms with E-state index in [1.165, 1.54) is 0 Å². The van der Waals surface area contributed by atoms with Crippen molar-refractivity contribution in [1.29, 1.82) is 0 Å². The van der Waals surface area contributed by atoms with Crippen molar-refractivity contribution in [3.05, 3.63) is 11.6 Å². The van der Waals surface area contributed by atoms with Crippen LogP contribution in [0.4, 0.5) is 0 Å². The van der Waals surface area contributed by atoms with E-state index in [9.17, 15) is 5.11 Å². The number of nitrogens with zero attached hydrogens (tertiary/aromatic N) is 2. The van der Waals surface area contributed by atoms with Gasteiger partial charge in [-0.15, -0.1) is 0 Å². The summed E-state index contributed by atoms with van der Waals surface area (Å²) in [5.74, 6) is 1.03. The molecule has 0 bridgehead atoms. The molecule has 1 aromatic rings. The summed E-state index contributed by atoms with van der Waals surface area (Å²) >= 11 is 0. The third-order valence-electron chi connectivity index (χ3n) is 0.773. The SMILES string of the molecule is Cc1nc(C[O-])n[nH]1.[K+]. The van der Waals surface area contributed by atoms with Gasteiger partial charge in [-0.1, -0.05) is 6.61 Å². The second-order valence-electron chi connectivity index (χ2n) is 1.48. The maximum Gasteiger partial charge on any atom is 1.00 e. The third kappa shape index (κ3) is 2.88. The topological polar surface area (TPSA) is 64.6 Å². The van der Waals surface area contributed by atoms with E-state index in [4.69, 9.17) is 0 Å². The van der Waals surface area contributed by atoms with Gasteiger partial charge in [-0.25, -0.2) is 4.98 Å². The quantitative estimate of drug-likeness (QED) is 0.416. The Bertz CT molecular complexity index is 176. The number of aryl methyl sites for hydroxylation is 1. The first-order chi connectivity index (χ1) is 3.83. The van der Waals surface area contributed by atoms with E-state index >= 15 is 0 Å². The van der Waals surface area contributed by atoms with Crippen LogP contribution in [0.3, 0.4) is 0 Å². The van der Waals surface area contributed by atoms with E-state index in [0.29, 0.717) is 11.6 Å². The smallest absolute Gasteiger partial charge is 0.849 e. The van der Waals surface area contributed by atoms with Crippen molar-refractivity contribution in [2.75, 3.05) is 0 Å². The van der Waals surface area contributed by atoms with Crippen LogP contribution in [0.1, 0.15) is 11.6 Å². The van der Waals surface area contributed by atoms with Crippen LogP contribution in [-0.4, -0.2) is 15.2 Å². The number of aromatic amines is 1. The van der Waals surface area contributed by atoms with Crippen molar-refractivity contribution in [3.63, 3.8) is 0 Å². The van der Waals surface area contributed by atoms with Gasteiger partial charge in [-0.05, 0) is 6.92 Å². The van der Waals surface area contributed by atoms with Gasteiger partial charge >= 0.3 is 51.4 Å². The Morgan fingerprint density at radius 1 is 1.67 bits per heavy atom. The van der Waals surface area contributed by atoms with Crippen molar-refractivity contribution in [2.45, 2.75) is 13.5 Å². The summed E-state index contributed by atoms with van der Waals surface area (Å²) in [7, 11) is 0. The summed E-state index contributed by atoms with van der Waals surface area (Å²) in [4.78, 5) is 3.75. The number of hydrogen-bond donors (Lipinski definition) is 1. The third-order valence-corrected chi connectivity index (χ3v) is 0.773. The molecule has 1 heterocycles. The number of hydrogen-bond acceptors (Lipinski definition) is 3. The van der Waals surface area contributed by atoms with Gasteiger partial charge in [0.05, 0.1) is 0 Å². The number of H-pyrrole nitrogens is 1. The van der Waals surface area contributed by atoms with Gasteiger partial charge in [-0.3, -0.25) is 5.10 Å². The molecule has 44 valence electrons. The Balaban J connectivity index is 0.000000640. The summed E-state index contributed by atoms with van der Waals surface area (Å²) in [5.41, 5.74) is 0. The molecule has 0 aliphatic heterocycles. The Labute approximate surface area is 95.5 Å². The molecule has 0 aliphatic carbocycles. The summed E-state index contributed by atoms with van der Waals surface area (Å²) in [6, 6.07) is 0. The fourth-order valence-corrected chi connectivity index (χ4v) is 0.454. The van der Waals surface area contributed by atoms with Crippen LogP contribution < -0.4 is 56.5 Å². The van der Waals surface area contributed by atoms with Crippen molar-refractivity contribution in [2.24, 2.45) is 0 Å². The van der Waals surface area contributed by atoms with Crippen molar-refractivity contribution in [3.8, 4) is 0 Å². The first-order valence-electron chi connectivity index (χ1n) is 2.29. The van der Waals surface area contributed by atoms with Gasteiger partial charge in [-0.2, -0.15) is 5.10 Å². The molecule has 0 radical (unpaired) electrons. The zero-order valence-electron chi connectivity index (χ0n) is 5.51. The largest absolute Gasteiger partial charge is 1.00 e. The molecule has 0 saturated heterocycles. The molecule has 0 amide bonds. The average Bonchev–Trinajstić information content (AvgIpc) is 2.14. The van der Waals surface area contributed by atoms with Crippen LogP contribution >= 0.6 is 0 Å². The summed E-state index contributed by atoms with van der Waals surface area (Å²) in [6.07, 6.45) is 0. The summed E-state index contributed by atoms with van der Waals surface area (Å²) in [5, 5.41) is 16.1. The van der Waals surface area contributed by atoms with E-state index in [0.717, 1.165) is 0 Å². The molecule has 4 nitrogen and oxygen atoms in total. The molecule has 5 heteroatoms. The van der Waals surface area contributed by atoms with Gasteiger partial charge in [0.2, 0.25) is 0 Å². The Morgan fingerprint density at radius 3 is 2.56 bits per heavy atom. The Hall–Kier alpha value is 0.736. The fraction of sp³-hybridized carbons (Fsp3) is 0.500. The van der Waals surface area contributed by atoms with Crippen LogP contribution in [0, 0.1) is 6.92 Å². The zero-order valence-corrected chi connectivity index (χ0v) is 8.63. The molecule has 0 atom stereocenters. The maximum atomic E-state index is 10.00. The van der Waals surface area contributed by atoms with Crippen LogP contribution in [0.2, 0.25) is 0 Å². The molecule has 0 aromatic carbocycles. The van der Waals surface area contributed by atoms with E-state index in [2.05, 4.69) is 15.2 Å². The summed E-state index contributed by atoms with van der Waals surface area (Å²) < 4.78 is 0. The minimum absolute atomic E-state index is 0. The summed E-state index contributed by atoms with van der Waals surface area (Å²) in [6.45, 7) is 1.41. The number of nitrogens with one attached hydrogen (secondary N) is 1. The average molecular weight is 151 g/mol. The van der Waals surface area contributed by atoms with Crippen LogP contribution in [-0.2, 0) is 6.61 Å². The van der Waals surface area contributed by atoms with Crippen molar-refractivity contribution >= 4 is 0 Å². The van der Waals surface area contributed by atoms with Gasteiger partial charge in [0.25, 0.3) is 0 Å². The number of rotatable bonds is 1. The Kier molecular flexibility index (Phi) is 4.91. The molecule has 1 rings (SSSR count). The minimum Gasteiger partial charge on any atom is -0.849 e. The standard InChI is InChI=1S/C4H6N3O.K/c1-3-5-4(2-8)7-6-3;/h2H2,1H3,(H,5,6,7);/q-1;+1. The molecule has 0 fully saturated rings. The van der Waals surface area contributed by atoms with Gasteiger partial charge < -0.3 is 5.11 Å². The van der Waals surface area contributed by atoms with E-state index in [1.807, 2.05) is 0 Å². The van der Waals surface area contributed by atoms with E-state index < -0.39 is 0 Å². The van der Waals surface area contributed by atoms with Crippen LogP contribution in [0.5, 0.6) is 0 Å². The monoisotopic (exact) mass is 151 g/mol. The molecule has 1 N–H and O–H groups in total. The molecule has 0 aliphatic rings. The van der Waals surface area contributed by atoms with Crippen molar-refractivity contribution < 1.29 is 56.5 Å². The second-order valence-corrected chi connectivity index (χ2v) is 1.48. The molecular weight excluding hydrogens is 145 g/mol. The van der Waals surface area contributed by atoms with Crippen LogP contribution in [0.15, 0.2) is 0 Å². The zero-order chi connectivity index (χ0) is 5.98. The molecule has 0 saturated carbocycles. The van der Waals surface area contributed by atoms with E-state index in [1.54, 1.807) is 6.92 Å². The van der Waals surface area contributed by atoms with Gasteiger partial charge in [0.1, 0.15) is 11.6 Å². The van der Waals surface area contributed by atoms with Gasteiger partial charge in [0, 0.05) is 0 Å². The predicted molar refractivity (Wildman–Crippen MR) is 24.8 cm³/mol. The molecular formula is C4H6KN3O. The maximum absolute atomic E-state index is 10.00. The Morgan fingerprint density at radius 2 is 2.33 bits per heavy atom. The number of aromatic nitrogens is 3. The first kappa shape index (κ1) is 9.74. The predicted octanol–water partition coefficient (Wildman–Crippen LogP) is -4.02.